The zero-order chi connectivity index (χ0) is 37.7. The minimum Gasteiger partial charge on any atom is -0.342 e. The highest BCUT2D eigenvalue weighted by Crippen LogP contribution is 2.35. The number of piperidine rings is 1. The number of hydrogen-bond acceptors (Lipinski definition) is 8. The van der Waals surface area contributed by atoms with Gasteiger partial charge >= 0.3 is 0 Å². The minimum atomic E-state index is -0.759. The first-order valence-corrected chi connectivity index (χ1v) is 18.4. The van der Waals surface area contributed by atoms with Gasteiger partial charge in [-0.15, -0.1) is 0 Å². The maximum Gasteiger partial charge on any atom is 0.270 e. The standard InChI is InChI=1S/C42H42N8O4/c1-5-36-45-38(35-24-48(4)18-19-49(35)36)28-10-7-9-26-20-33(44-22-30(26)28)27-12-13-32(43-21-27)39(52)47-42(2,3)17-16-25-8-6-11-29-31(25)23-50(41(29)54)34-14-15-37(51)46-40(34)53/h6-13,16-17,20-22,34H,5,14-15,18-19,23-24H2,1-4H3,(H,47,52)(H,46,51,53)/b17-16+. The molecule has 6 heterocycles. The molecule has 12 nitrogen and oxygen atoms in total. The van der Waals surface area contributed by atoms with E-state index in [0.717, 1.165) is 76.3 Å². The van der Waals surface area contributed by atoms with Gasteiger partial charge in [0.15, 0.2) is 0 Å². The number of carbonyl (C=O) groups excluding carboxylic acids is 4. The summed E-state index contributed by atoms with van der Waals surface area (Å²) in [5.74, 6) is -0.211. The predicted molar refractivity (Wildman–Crippen MR) is 205 cm³/mol. The third kappa shape index (κ3) is 6.47. The van der Waals surface area contributed by atoms with Gasteiger partial charge in [0.1, 0.15) is 17.6 Å². The molecule has 1 atom stereocenters. The molecule has 0 aliphatic carbocycles. The van der Waals surface area contributed by atoms with E-state index in [1.807, 2.05) is 44.3 Å². The van der Waals surface area contributed by atoms with Gasteiger partial charge in [0.25, 0.3) is 11.8 Å². The van der Waals surface area contributed by atoms with Crippen molar-refractivity contribution in [3.63, 3.8) is 0 Å². The molecule has 274 valence electrons. The van der Waals surface area contributed by atoms with E-state index in [1.54, 1.807) is 24.4 Å². The van der Waals surface area contributed by atoms with Gasteiger partial charge in [0.05, 0.1) is 22.6 Å². The van der Waals surface area contributed by atoms with Crippen LogP contribution in [0.4, 0.5) is 0 Å². The Kier molecular flexibility index (Phi) is 8.93. The molecule has 8 rings (SSSR count). The number of carbonyl (C=O) groups is 4. The van der Waals surface area contributed by atoms with E-state index in [0.29, 0.717) is 12.0 Å². The van der Waals surface area contributed by atoms with Crippen molar-refractivity contribution in [1.29, 1.82) is 0 Å². The number of rotatable bonds is 8. The number of imide groups is 1. The molecule has 2 aromatic carbocycles. The lowest BCUT2D eigenvalue weighted by Gasteiger charge is -2.29. The Balaban J connectivity index is 0.964. The third-order valence-electron chi connectivity index (χ3n) is 10.6. The number of fused-ring (bicyclic) bond motifs is 3. The molecule has 0 radical (unpaired) electrons. The Morgan fingerprint density at radius 2 is 1.81 bits per heavy atom. The number of pyridine rings is 2. The third-order valence-corrected chi connectivity index (χ3v) is 10.6. The number of amides is 4. The van der Waals surface area contributed by atoms with Crippen LogP contribution < -0.4 is 10.6 Å². The normalized spacial score (nSPS) is 17.6. The van der Waals surface area contributed by atoms with Gasteiger partial charge in [-0.2, -0.15) is 0 Å². The maximum atomic E-state index is 13.4. The lowest BCUT2D eigenvalue weighted by molar-refractivity contribution is -0.136. The van der Waals surface area contributed by atoms with Crippen LogP contribution in [0, 0.1) is 0 Å². The van der Waals surface area contributed by atoms with E-state index in [9.17, 15) is 19.2 Å². The van der Waals surface area contributed by atoms with E-state index in [4.69, 9.17) is 9.97 Å². The molecule has 12 heteroatoms. The van der Waals surface area contributed by atoms with Crippen LogP contribution in [-0.2, 0) is 35.6 Å². The number of imidazole rings is 1. The monoisotopic (exact) mass is 722 g/mol. The van der Waals surface area contributed by atoms with Crippen LogP contribution in [0.25, 0.3) is 39.4 Å². The molecule has 0 spiro atoms. The number of aryl methyl sites for hydroxylation is 1. The molecule has 0 saturated carbocycles. The molecule has 1 unspecified atom stereocenters. The van der Waals surface area contributed by atoms with Crippen molar-refractivity contribution >= 4 is 40.5 Å². The van der Waals surface area contributed by atoms with Gasteiger partial charge in [-0.05, 0) is 68.1 Å². The second-order valence-corrected chi connectivity index (χ2v) is 14.9. The summed E-state index contributed by atoms with van der Waals surface area (Å²) in [4.78, 5) is 69.0. The van der Waals surface area contributed by atoms with E-state index in [1.165, 1.54) is 10.6 Å². The number of nitrogens with one attached hydrogen (secondary N) is 2. The van der Waals surface area contributed by atoms with E-state index in [2.05, 4.69) is 63.3 Å². The van der Waals surface area contributed by atoms with Crippen LogP contribution in [0.5, 0.6) is 0 Å². The first-order chi connectivity index (χ1) is 26.0. The summed E-state index contributed by atoms with van der Waals surface area (Å²) < 4.78 is 2.37. The van der Waals surface area contributed by atoms with Gasteiger partial charge in [-0.1, -0.05) is 49.4 Å². The van der Waals surface area contributed by atoms with Gasteiger partial charge in [-0.25, -0.2) is 4.98 Å². The summed E-state index contributed by atoms with van der Waals surface area (Å²) >= 11 is 0. The Morgan fingerprint density at radius 1 is 1.00 bits per heavy atom. The van der Waals surface area contributed by atoms with Crippen molar-refractivity contribution in [1.82, 2.24) is 40.0 Å². The first kappa shape index (κ1) is 35.0. The van der Waals surface area contributed by atoms with Gasteiger partial charge < -0.3 is 14.8 Å². The van der Waals surface area contributed by atoms with Gasteiger partial charge in [-0.3, -0.25) is 39.4 Å². The fourth-order valence-electron chi connectivity index (χ4n) is 7.73. The Morgan fingerprint density at radius 3 is 2.59 bits per heavy atom. The topological polar surface area (TPSA) is 142 Å². The van der Waals surface area contributed by atoms with Crippen LogP contribution >= 0.6 is 0 Å². The average Bonchev–Trinajstić information content (AvgIpc) is 3.70. The SMILES string of the molecule is CCc1nc(-c2cccc3cc(-c4ccc(C(=O)NC(C)(C)/C=C/c5cccc6c5CN(C5CCC(=O)NC5=O)C6=O)nc4)ncc23)c2n1CCN(C)C2. The summed E-state index contributed by atoms with van der Waals surface area (Å²) in [6, 6.07) is 16.7. The maximum absolute atomic E-state index is 13.4. The van der Waals surface area contributed by atoms with E-state index >= 15 is 0 Å². The molecule has 1 fully saturated rings. The van der Waals surface area contributed by atoms with Crippen LogP contribution in [0.1, 0.15) is 77.1 Å². The molecule has 3 aliphatic rings. The van der Waals surface area contributed by atoms with Gasteiger partial charge in [0, 0.05) is 73.5 Å². The smallest absolute Gasteiger partial charge is 0.270 e. The zero-order valence-corrected chi connectivity index (χ0v) is 30.8. The van der Waals surface area contributed by atoms with E-state index < -0.39 is 17.5 Å². The second kappa shape index (κ2) is 13.8. The van der Waals surface area contributed by atoms with Gasteiger partial charge in [0.2, 0.25) is 11.8 Å². The van der Waals surface area contributed by atoms with Crippen LogP contribution in [0.2, 0.25) is 0 Å². The number of likely N-dealkylation sites (N-methyl/N-ethyl adjacent to an activating group) is 1. The molecule has 1 saturated heterocycles. The molecule has 0 bridgehead atoms. The first-order valence-electron chi connectivity index (χ1n) is 18.4. The Bertz CT molecular complexity index is 2380. The van der Waals surface area contributed by atoms with Crippen molar-refractivity contribution < 1.29 is 19.2 Å². The molecular weight excluding hydrogens is 681 g/mol. The molecule has 3 aromatic heterocycles. The Hall–Kier alpha value is -6.01. The van der Waals surface area contributed by atoms with E-state index in [-0.39, 0.29) is 36.4 Å². The van der Waals surface area contributed by atoms with Crippen LogP contribution in [0.3, 0.4) is 0 Å². The summed E-state index contributed by atoms with van der Waals surface area (Å²) in [7, 11) is 2.15. The quantitative estimate of drug-likeness (QED) is 0.210. The van der Waals surface area contributed by atoms with Crippen molar-refractivity contribution in [3.8, 4) is 22.5 Å². The molecule has 4 amide bonds. The fraction of sp³-hybridized carbons (Fsp3) is 0.310. The predicted octanol–water partition coefficient (Wildman–Crippen LogP) is 5.15. The summed E-state index contributed by atoms with van der Waals surface area (Å²) in [6.07, 6.45) is 8.72. The molecule has 5 aromatic rings. The Labute approximate surface area is 313 Å². The lowest BCUT2D eigenvalue weighted by atomic mass is 9.98. The lowest BCUT2D eigenvalue weighted by Crippen LogP contribution is -2.52. The number of benzene rings is 2. The minimum absolute atomic E-state index is 0.197. The second-order valence-electron chi connectivity index (χ2n) is 14.9. The number of hydrogen-bond donors (Lipinski definition) is 2. The molecule has 3 aliphatic heterocycles. The number of nitrogens with zero attached hydrogens (tertiary/aromatic N) is 6. The zero-order valence-electron chi connectivity index (χ0n) is 30.8. The number of aromatic nitrogens is 4. The average molecular weight is 723 g/mol. The fourth-order valence-corrected chi connectivity index (χ4v) is 7.73. The van der Waals surface area contributed by atoms with Crippen LogP contribution in [-0.4, -0.2) is 78.1 Å². The van der Waals surface area contributed by atoms with Crippen LogP contribution in [0.15, 0.2) is 73.1 Å². The highest BCUT2D eigenvalue weighted by Gasteiger charge is 2.39. The van der Waals surface area contributed by atoms with Crippen molar-refractivity contribution in [2.75, 3.05) is 13.6 Å². The summed E-state index contributed by atoms with van der Waals surface area (Å²) in [5.41, 5.74) is 6.56. The van der Waals surface area contributed by atoms with Crippen molar-refractivity contribution in [2.24, 2.45) is 0 Å². The van der Waals surface area contributed by atoms with Crippen molar-refractivity contribution in [2.45, 2.75) is 71.2 Å². The molecule has 2 N–H and O–H groups in total. The summed E-state index contributed by atoms with van der Waals surface area (Å²) in [5, 5.41) is 7.48. The highest BCUT2D eigenvalue weighted by atomic mass is 16.2. The highest BCUT2D eigenvalue weighted by molar-refractivity contribution is 6.06. The largest absolute Gasteiger partial charge is 0.342 e. The van der Waals surface area contributed by atoms with Crippen molar-refractivity contribution in [3.05, 3.63) is 107 Å². The molecular formula is C42H42N8O4. The molecule has 54 heavy (non-hydrogen) atoms. The summed E-state index contributed by atoms with van der Waals surface area (Å²) in [6.45, 7) is 8.99.